The molecule has 13 heavy (non-hydrogen) atoms. The smallest absolute Gasteiger partial charge is 0.300 e. The second kappa shape index (κ2) is 13.8. The van der Waals surface area contributed by atoms with Gasteiger partial charge in [-0.25, -0.2) is 0 Å². The average Bonchev–Trinajstić information content (AvgIpc) is 2.08. The van der Waals surface area contributed by atoms with Gasteiger partial charge in [-0.05, 0) is 0 Å². The predicted molar refractivity (Wildman–Crippen MR) is 56.3 cm³/mol. The molecule has 4 heteroatoms. The molecule has 1 aromatic rings. The predicted octanol–water partition coefficient (Wildman–Crippen LogP) is 3.20. The van der Waals surface area contributed by atoms with E-state index >= 15 is 0 Å². The molecule has 0 heterocycles. The number of hydrogen-bond donors (Lipinski definition) is 1. The molecular weight excluding hydrogens is 211 g/mol. The minimum atomic E-state index is -0.833. The van der Waals surface area contributed by atoms with Crippen molar-refractivity contribution in [1.29, 1.82) is 0 Å². The van der Waals surface area contributed by atoms with Gasteiger partial charge in [-0.1, -0.05) is 36.4 Å². The van der Waals surface area contributed by atoms with Gasteiger partial charge in [-0.15, -0.1) is 23.2 Å². The maximum atomic E-state index is 9.00. The van der Waals surface area contributed by atoms with E-state index < -0.39 is 5.97 Å². The van der Waals surface area contributed by atoms with E-state index in [2.05, 4.69) is 0 Å². The SMILES string of the molecule is CC(=O)O.ClCCl.c1ccccc1. The van der Waals surface area contributed by atoms with E-state index in [1.165, 1.54) is 0 Å². The first kappa shape index (κ1) is 14.8. The number of carboxylic acids is 1. The average molecular weight is 223 g/mol. The summed E-state index contributed by atoms with van der Waals surface area (Å²) < 4.78 is 0. The van der Waals surface area contributed by atoms with Crippen LogP contribution in [-0.4, -0.2) is 16.4 Å². The monoisotopic (exact) mass is 222 g/mol. The number of alkyl halides is 2. The molecule has 0 unspecified atom stereocenters. The van der Waals surface area contributed by atoms with Gasteiger partial charge in [0.25, 0.3) is 5.97 Å². The minimum absolute atomic E-state index is 0.194. The van der Waals surface area contributed by atoms with Crippen molar-refractivity contribution in [3.63, 3.8) is 0 Å². The summed E-state index contributed by atoms with van der Waals surface area (Å²) in [4.78, 5) is 9.00. The van der Waals surface area contributed by atoms with Gasteiger partial charge in [-0.3, -0.25) is 4.79 Å². The molecule has 1 N–H and O–H groups in total. The van der Waals surface area contributed by atoms with Crippen molar-refractivity contribution in [1.82, 2.24) is 0 Å². The lowest BCUT2D eigenvalue weighted by Gasteiger charge is -1.69. The highest BCUT2D eigenvalue weighted by atomic mass is 35.5. The molecule has 0 aromatic heterocycles. The molecule has 1 aromatic carbocycles. The van der Waals surface area contributed by atoms with Gasteiger partial charge in [0.1, 0.15) is 0 Å². The zero-order chi connectivity index (χ0) is 10.5. The molecule has 0 amide bonds. The van der Waals surface area contributed by atoms with Crippen molar-refractivity contribution >= 4 is 29.2 Å². The van der Waals surface area contributed by atoms with E-state index in [4.69, 9.17) is 33.1 Å². The van der Waals surface area contributed by atoms with Crippen LogP contribution in [0, 0.1) is 0 Å². The van der Waals surface area contributed by atoms with E-state index in [1.54, 1.807) is 0 Å². The third kappa shape index (κ3) is 34.9. The fourth-order valence-electron chi connectivity index (χ4n) is 0.385. The third-order valence-corrected chi connectivity index (χ3v) is 0.667. The van der Waals surface area contributed by atoms with Gasteiger partial charge in [0.15, 0.2) is 0 Å². The third-order valence-electron chi connectivity index (χ3n) is 0.667. The number of hydrogen-bond acceptors (Lipinski definition) is 1. The first-order valence-electron chi connectivity index (χ1n) is 3.46. The lowest BCUT2D eigenvalue weighted by Crippen LogP contribution is -1.78. The van der Waals surface area contributed by atoms with Gasteiger partial charge in [0.05, 0.1) is 5.34 Å². The number of benzene rings is 1. The van der Waals surface area contributed by atoms with Crippen LogP contribution in [0.3, 0.4) is 0 Å². The zero-order valence-electron chi connectivity index (χ0n) is 7.28. The summed E-state index contributed by atoms with van der Waals surface area (Å²) >= 11 is 9.53. The van der Waals surface area contributed by atoms with Crippen LogP contribution in [0.5, 0.6) is 0 Å². The van der Waals surface area contributed by atoms with E-state index in [0.717, 1.165) is 6.92 Å². The quantitative estimate of drug-likeness (QED) is 0.685. The number of carbonyl (C=O) groups is 1. The Labute approximate surface area is 88.1 Å². The van der Waals surface area contributed by atoms with Crippen molar-refractivity contribution in [2.24, 2.45) is 0 Å². The summed E-state index contributed by atoms with van der Waals surface area (Å²) in [5.74, 6) is -0.833. The molecule has 0 saturated heterocycles. The maximum Gasteiger partial charge on any atom is 0.300 e. The van der Waals surface area contributed by atoms with Crippen LogP contribution >= 0.6 is 23.2 Å². The molecule has 2 nitrogen and oxygen atoms in total. The summed E-state index contributed by atoms with van der Waals surface area (Å²) in [5.41, 5.74) is 0. The Kier molecular flexibility index (Phi) is 15.7. The molecule has 0 aliphatic heterocycles. The minimum Gasteiger partial charge on any atom is -0.481 e. The van der Waals surface area contributed by atoms with Gasteiger partial charge in [0, 0.05) is 6.92 Å². The second-order valence-corrected chi connectivity index (χ2v) is 2.58. The molecule has 0 aliphatic rings. The molecule has 0 atom stereocenters. The molecule has 74 valence electrons. The summed E-state index contributed by atoms with van der Waals surface area (Å²) in [6, 6.07) is 12.0. The molecular formula is C9H12Cl2O2. The van der Waals surface area contributed by atoms with Crippen LogP contribution in [0.15, 0.2) is 36.4 Å². The molecule has 0 bridgehead atoms. The largest absolute Gasteiger partial charge is 0.481 e. The van der Waals surface area contributed by atoms with Gasteiger partial charge >= 0.3 is 0 Å². The van der Waals surface area contributed by atoms with Crippen LogP contribution in [-0.2, 0) is 4.79 Å². The van der Waals surface area contributed by atoms with Gasteiger partial charge < -0.3 is 5.11 Å². The van der Waals surface area contributed by atoms with Crippen LogP contribution < -0.4 is 0 Å². The summed E-state index contributed by atoms with van der Waals surface area (Å²) in [7, 11) is 0. The Balaban J connectivity index is 0. The number of carboxylic acid groups (broad SMARTS) is 1. The summed E-state index contributed by atoms with van der Waals surface area (Å²) in [5, 5.41) is 7.61. The topological polar surface area (TPSA) is 37.3 Å². The second-order valence-electron chi connectivity index (χ2n) is 1.77. The first-order valence-corrected chi connectivity index (χ1v) is 4.53. The van der Waals surface area contributed by atoms with Gasteiger partial charge in [0.2, 0.25) is 0 Å². The Morgan fingerprint density at radius 3 is 1.23 bits per heavy atom. The van der Waals surface area contributed by atoms with Crippen LogP contribution in [0.1, 0.15) is 6.92 Å². The molecule has 0 spiro atoms. The normalized spacial score (nSPS) is 7.00. The Hall–Kier alpha value is -0.730. The van der Waals surface area contributed by atoms with Crippen molar-refractivity contribution < 1.29 is 9.90 Å². The highest BCUT2D eigenvalue weighted by Crippen LogP contribution is 1.79. The van der Waals surface area contributed by atoms with E-state index in [9.17, 15) is 0 Å². The number of aliphatic carboxylic acids is 1. The highest BCUT2D eigenvalue weighted by Gasteiger charge is 1.65. The first-order chi connectivity index (χ1) is 6.15. The lowest BCUT2D eigenvalue weighted by molar-refractivity contribution is -0.134. The Morgan fingerprint density at radius 2 is 1.15 bits per heavy atom. The highest BCUT2D eigenvalue weighted by molar-refractivity contribution is 6.40. The maximum absolute atomic E-state index is 9.00. The van der Waals surface area contributed by atoms with Crippen LogP contribution in [0.2, 0.25) is 0 Å². The Bertz CT molecular complexity index is 159. The fraction of sp³-hybridized carbons (Fsp3) is 0.222. The van der Waals surface area contributed by atoms with Crippen molar-refractivity contribution in [3.8, 4) is 0 Å². The van der Waals surface area contributed by atoms with Crippen LogP contribution in [0.25, 0.3) is 0 Å². The molecule has 0 radical (unpaired) electrons. The molecule has 0 fully saturated rings. The van der Waals surface area contributed by atoms with E-state index in [-0.39, 0.29) is 5.34 Å². The van der Waals surface area contributed by atoms with Crippen molar-refractivity contribution in [3.05, 3.63) is 36.4 Å². The molecule has 0 saturated carbocycles. The zero-order valence-corrected chi connectivity index (χ0v) is 8.79. The molecule has 1 rings (SSSR count). The van der Waals surface area contributed by atoms with Crippen molar-refractivity contribution in [2.75, 3.05) is 5.34 Å². The summed E-state index contributed by atoms with van der Waals surface area (Å²) in [6.07, 6.45) is 0. The lowest BCUT2D eigenvalue weighted by atomic mass is 10.4. The number of rotatable bonds is 0. The van der Waals surface area contributed by atoms with Crippen LogP contribution in [0.4, 0.5) is 0 Å². The van der Waals surface area contributed by atoms with Crippen molar-refractivity contribution in [2.45, 2.75) is 6.92 Å². The van der Waals surface area contributed by atoms with E-state index in [1.807, 2.05) is 36.4 Å². The fourth-order valence-corrected chi connectivity index (χ4v) is 0.385. The number of halogens is 2. The molecule has 0 aliphatic carbocycles. The van der Waals surface area contributed by atoms with E-state index in [0.29, 0.717) is 0 Å². The summed E-state index contributed by atoms with van der Waals surface area (Å²) in [6.45, 7) is 1.08. The van der Waals surface area contributed by atoms with Gasteiger partial charge in [-0.2, -0.15) is 0 Å². The standard InChI is InChI=1S/C6H6.C2H4O2.CH2Cl2/c1-2-4-6-5-3-1;1-2(3)4;2-1-3/h1-6H;1H3,(H,3,4);1H2. The Morgan fingerprint density at radius 1 is 1.08 bits per heavy atom.